The van der Waals surface area contributed by atoms with Crippen LogP contribution in [0.4, 0.5) is 5.69 Å². The summed E-state index contributed by atoms with van der Waals surface area (Å²) in [5.41, 5.74) is 3.92. The Morgan fingerprint density at radius 2 is 1.68 bits per heavy atom. The first kappa shape index (κ1) is 27.5. The first-order chi connectivity index (χ1) is 19.3. The lowest BCUT2D eigenvalue weighted by molar-refractivity contribution is 0.168. The van der Waals surface area contributed by atoms with Crippen LogP contribution in [0.15, 0.2) is 91.0 Å². The summed E-state index contributed by atoms with van der Waals surface area (Å²) in [6, 6.07) is 28.6. The lowest BCUT2D eigenvalue weighted by atomic mass is 10.1. The molecule has 0 saturated heterocycles. The number of aromatic nitrogens is 1. The highest BCUT2D eigenvalue weighted by atomic mass is 32.2. The Kier molecular flexibility index (Phi) is 8.25. The van der Waals surface area contributed by atoms with E-state index < -0.39 is 16.1 Å². The standard InChI is InChI=1S/C31H33N3O5S/c1-38-31-15-12-23(34(40(2,36)37)21-22-8-4-3-5-9-22)18-27(31)30(35)20-32-16-17-39-24-13-14-26-25-10-6-7-11-28(25)33-29(26)19-24/h3-15,18-19,30,32-33,35H,16-17,20-21H2,1-2H3. The minimum absolute atomic E-state index is 0.182. The Bertz CT molecular complexity index is 1700. The van der Waals surface area contributed by atoms with Crippen LogP contribution in [0.25, 0.3) is 21.8 Å². The van der Waals surface area contributed by atoms with Crippen LogP contribution in [0.2, 0.25) is 0 Å². The predicted octanol–water partition coefficient (Wildman–Crippen LogP) is 5.00. The number of aromatic amines is 1. The van der Waals surface area contributed by atoms with Gasteiger partial charge in [0.15, 0.2) is 0 Å². The molecule has 1 heterocycles. The van der Waals surface area contributed by atoms with E-state index >= 15 is 0 Å². The summed E-state index contributed by atoms with van der Waals surface area (Å²) in [6.45, 7) is 1.34. The number of nitrogens with one attached hydrogen (secondary N) is 2. The Morgan fingerprint density at radius 3 is 2.45 bits per heavy atom. The summed E-state index contributed by atoms with van der Waals surface area (Å²) >= 11 is 0. The molecule has 5 aromatic rings. The van der Waals surface area contributed by atoms with Crippen molar-refractivity contribution >= 4 is 37.5 Å². The molecule has 0 aliphatic heterocycles. The Labute approximate surface area is 234 Å². The van der Waals surface area contributed by atoms with Gasteiger partial charge in [0.25, 0.3) is 0 Å². The van der Waals surface area contributed by atoms with Crippen LogP contribution in [0.1, 0.15) is 17.2 Å². The van der Waals surface area contributed by atoms with Gasteiger partial charge in [-0.05, 0) is 42.0 Å². The number of nitrogens with zero attached hydrogens (tertiary/aromatic N) is 1. The number of methoxy groups -OCH3 is 1. The van der Waals surface area contributed by atoms with Crippen molar-refractivity contribution in [1.82, 2.24) is 10.3 Å². The van der Waals surface area contributed by atoms with Gasteiger partial charge in [0.05, 0.1) is 37.2 Å². The molecule has 208 valence electrons. The molecule has 0 spiro atoms. The highest BCUT2D eigenvalue weighted by Gasteiger charge is 2.21. The van der Waals surface area contributed by atoms with Crippen LogP contribution in [-0.4, -0.2) is 51.6 Å². The molecule has 5 rings (SSSR count). The number of benzene rings is 4. The molecule has 1 unspecified atom stereocenters. The van der Waals surface area contributed by atoms with Crippen LogP contribution >= 0.6 is 0 Å². The van der Waals surface area contributed by atoms with Crippen molar-refractivity contribution in [3.8, 4) is 11.5 Å². The summed E-state index contributed by atoms with van der Waals surface area (Å²) in [7, 11) is -2.05. The van der Waals surface area contributed by atoms with Crippen molar-refractivity contribution in [2.75, 3.05) is 37.4 Å². The molecule has 1 aromatic heterocycles. The van der Waals surface area contributed by atoms with Crippen LogP contribution in [0, 0.1) is 0 Å². The zero-order valence-electron chi connectivity index (χ0n) is 22.5. The van der Waals surface area contributed by atoms with Crippen LogP contribution in [0.5, 0.6) is 11.5 Å². The lowest BCUT2D eigenvalue weighted by Crippen LogP contribution is -2.30. The molecule has 9 heteroatoms. The molecule has 4 aromatic carbocycles. The van der Waals surface area contributed by atoms with Gasteiger partial charge in [-0.3, -0.25) is 4.31 Å². The molecule has 0 saturated carbocycles. The monoisotopic (exact) mass is 559 g/mol. The number of hydrogen-bond acceptors (Lipinski definition) is 6. The van der Waals surface area contributed by atoms with Crippen molar-refractivity contribution in [2.45, 2.75) is 12.6 Å². The fourth-order valence-corrected chi connectivity index (χ4v) is 5.68. The molecule has 0 fully saturated rings. The zero-order chi connectivity index (χ0) is 28.1. The van der Waals surface area contributed by atoms with Gasteiger partial charge in [-0.1, -0.05) is 48.5 Å². The van der Waals surface area contributed by atoms with Crippen molar-refractivity contribution < 1.29 is 23.0 Å². The maximum Gasteiger partial charge on any atom is 0.232 e. The molecular formula is C31H33N3O5S. The number of ether oxygens (including phenoxy) is 2. The number of para-hydroxylation sites is 1. The van der Waals surface area contributed by atoms with Crippen LogP contribution in [0.3, 0.4) is 0 Å². The SMILES string of the molecule is COc1ccc(N(Cc2ccccc2)S(C)(=O)=O)cc1C(O)CNCCOc1ccc2c(c1)[nH]c1ccccc12. The van der Waals surface area contributed by atoms with E-state index in [0.29, 0.717) is 30.2 Å². The topological polar surface area (TPSA) is 104 Å². The zero-order valence-corrected chi connectivity index (χ0v) is 23.3. The molecule has 0 amide bonds. The number of hydrogen-bond donors (Lipinski definition) is 3. The number of anilines is 1. The largest absolute Gasteiger partial charge is 0.496 e. The fraction of sp³-hybridized carbons (Fsp3) is 0.226. The Balaban J connectivity index is 1.21. The average Bonchev–Trinajstić information content (AvgIpc) is 3.33. The van der Waals surface area contributed by atoms with Crippen molar-refractivity contribution in [1.29, 1.82) is 0 Å². The van der Waals surface area contributed by atoms with E-state index in [-0.39, 0.29) is 13.1 Å². The number of H-pyrrole nitrogens is 1. The van der Waals surface area contributed by atoms with Gasteiger partial charge < -0.3 is 24.9 Å². The van der Waals surface area contributed by atoms with Crippen LogP contribution < -0.4 is 19.1 Å². The molecule has 8 nitrogen and oxygen atoms in total. The molecular weight excluding hydrogens is 526 g/mol. The van der Waals surface area contributed by atoms with E-state index in [9.17, 15) is 13.5 Å². The van der Waals surface area contributed by atoms with Crippen molar-refractivity contribution in [3.63, 3.8) is 0 Å². The summed E-state index contributed by atoms with van der Waals surface area (Å²) in [5.74, 6) is 1.24. The minimum Gasteiger partial charge on any atom is -0.496 e. The Morgan fingerprint density at radius 1 is 0.925 bits per heavy atom. The van der Waals surface area contributed by atoms with Gasteiger partial charge in [-0.25, -0.2) is 8.42 Å². The maximum absolute atomic E-state index is 12.7. The Hall–Kier alpha value is -4.05. The van der Waals surface area contributed by atoms with E-state index in [1.54, 1.807) is 18.2 Å². The lowest BCUT2D eigenvalue weighted by Gasteiger charge is -2.25. The number of aliphatic hydroxyl groups is 1. The second-order valence-corrected chi connectivity index (χ2v) is 11.5. The molecule has 0 aliphatic carbocycles. The van der Waals surface area contributed by atoms with Gasteiger partial charge in [0, 0.05) is 41.0 Å². The summed E-state index contributed by atoms with van der Waals surface area (Å²) in [6.07, 6.45) is 0.254. The number of sulfonamides is 1. The number of aliphatic hydroxyl groups excluding tert-OH is 1. The van der Waals surface area contributed by atoms with Gasteiger partial charge in [-0.15, -0.1) is 0 Å². The first-order valence-electron chi connectivity index (χ1n) is 13.0. The minimum atomic E-state index is -3.57. The van der Waals surface area contributed by atoms with E-state index in [0.717, 1.165) is 27.7 Å². The van der Waals surface area contributed by atoms with Crippen LogP contribution in [-0.2, 0) is 16.6 Å². The normalized spacial score (nSPS) is 12.5. The predicted molar refractivity (Wildman–Crippen MR) is 160 cm³/mol. The van der Waals surface area contributed by atoms with Crippen molar-refractivity contribution in [3.05, 3.63) is 102 Å². The molecule has 3 N–H and O–H groups in total. The van der Waals surface area contributed by atoms with Gasteiger partial charge >= 0.3 is 0 Å². The van der Waals surface area contributed by atoms with E-state index in [2.05, 4.69) is 28.5 Å². The second-order valence-electron chi connectivity index (χ2n) is 9.63. The number of rotatable bonds is 12. The van der Waals surface area contributed by atoms with Gasteiger partial charge in [-0.2, -0.15) is 0 Å². The third-order valence-electron chi connectivity index (χ3n) is 6.79. The van der Waals surface area contributed by atoms with Gasteiger partial charge in [0.2, 0.25) is 10.0 Å². The van der Waals surface area contributed by atoms with Crippen molar-refractivity contribution in [2.24, 2.45) is 0 Å². The molecule has 40 heavy (non-hydrogen) atoms. The third-order valence-corrected chi connectivity index (χ3v) is 7.93. The molecule has 1 atom stereocenters. The summed E-state index contributed by atoms with van der Waals surface area (Å²) < 4.78 is 38.0. The van der Waals surface area contributed by atoms with E-state index in [1.165, 1.54) is 23.1 Å². The van der Waals surface area contributed by atoms with Gasteiger partial charge in [0.1, 0.15) is 18.1 Å². The molecule has 0 bridgehead atoms. The first-order valence-corrected chi connectivity index (χ1v) is 14.9. The maximum atomic E-state index is 12.7. The fourth-order valence-electron chi connectivity index (χ4n) is 4.80. The van der Waals surface area contributed by atoms with E-state index in [4.69, 9.17) is 9.47 Å². The third kappa shape index (κ3) is 6.22. The average molecular weight is 560 g/mol. The highest BCUT2D eigenvalue weighted by Crippen LogP contribution is 2.32. The second kappa shape index (κ2) is 12.0. The smallest absolute Gasteiger partial charge is 0.232 e. The molecule has 0 radical (unpaired) electrons. The summed E-state index contributed by atoms with van der Waals surface area (Å²) in [4.78, 5) is 3.42. The van der Waals surface area contributed by atoms with E-state index in [1.807, 2.05) is 54.6 Å². The summed E-state index contributed by atoms with van der Waals surface area (Å²) in [5, 5.41) is 16.5. The molecule has 0 aliphatic rings. The quantitative estimate of drug-likeness (QED) is 0.186. The highest BCUT2D eigenvalue weighted by molar-refractivity contribution is 7.92. The number of fused-ring (bicyclic) bond motifs is 3.